The van der Waals surface area contributed by atoms with Gasteiger partial charge in [0.2, 0.25) is 0 Å². The van der Waals surface area contributed by atoms with Gasteiger partial charge in [-0.2, -0.15) is 0 Å². The maximum absolute atomic E-state index is 9.25. The van der Waals surface area contributed by atoms with E-state index >= 15 is 0 Å². The third-order valence-corrected chi connectivity index (χ3v) is 1.67. The van der Waals surface area contributed by atoms with Crippen LogP contribution < -0.4 is 0 Å². The van der Waals surface area contributed by atoms with Crippen LogP contribution in [-0.2, 0) is 0 Å². The van der Waals surface area contributed by atoms with E-state index in [-0.39, 0.29) is 5.76 Å². The Balaban J connectivity index is 3.39. The molecule has 62 valence electrons. The van der Waals surface area contributed by atoms with E-state index in [2.05, 4.69) is 18.1 Å². The molecule has 0 fully saturated rings. The van der Waals surface area contributed by atoms with Crippen LogP contribution in [0.5, 0.6) is 0 Å². The van der Waals surface area contributed by atoms with Crippen LogP contribution in [0.1, 0.15) is 16.7 Å². The zero-order valence-electron chi connectivity index (χ0n) is 7.04. The second-order valence-electron chi connectivity index (χ2n) is 2.57. The Bertz CT molecular complexity index is 329. The van der Waals surface area contributed by atoms with Crippen molar-refractivity contribution in [2.75, 3.05) is 0 Å². The molecule has 0 aliphatic heterocycles. The van der Waals surface area contributed by atoms with Gasteiger partial charge in [0.25, 0.3) is 0 Å². The molecule has 0 amide bonds. The number of nitrogens with zero attached hydrogens (tertiary/aromatic N) is 1. The lowest BCUT2D eigenvalue weighted by Gasteiger charge is -2.06. The normalized spacial score (nSPS) is 9.42. The maximum Gasteiger partial charge on any atom is 0.116 e. The molecule has 0 radical (unpaired) electrons. The second kappa shape index (κ2) is 3.22. The molecule has 1 aromatic heterocycles. The molecule has 1 heterocycles. The molecule has 1 aromatic rings. The number of hydrogen-bond acceptors (Lipinski definition) is 2. The molecule has 12 heavy (non-hydrogen) atoms. The quantitative estimate of drug-likeness (QED) is 0.676. The van der Waals surface area contributed by atoms with E-state index in [9.17, 15) is 5.11 Å². The van der Waals surface area contributed by atoms with Gasteiger partial charge in [-0.05, 0) is 12.5 Å². The van der Waals surface area contributed by atoms with E-state index in [1.165, 1.54) is 0 Å². The Hall–Kier alpha value is -1.57. The summed E-state index contributed by atoms with van der Waals surface area (Å²) in [6, 6.07) is 0. The molecule has 0 aliphatic rings. The molecule has 2 heteroatoms. The van der Waals surface area contributed by atoms with Crippen molar-refractivity contribution >= 4 is 11.8 Å². The van der Waals surface area contributed by atoms with Gasteiger partial charge in [0.15, 0.2) is 0 Å². The lowest BCUT2D eigenvalue weighted by atomic mass is 10.0. The molecule has 2 nitrogen and oxygen atoms in total. The summed E-state index contributed by atoms with van der Waals surface area (Å²) in [5.41, 5.74) is 2.43. The second-order valence-corrected chi connectivity index (χ2v) is 2.57. The molecule has 0 bridgehead atoms. The third-order valence-electron chi connectivity index (χ3n) is 1.67. The van der Waals surface area contributed by atoms with Crippen LogP contribution in [0.25, 0.3) is 11.8 Å². The van der Waals surface area contributed by atoms with Crippen molar-refractivity contribution in [1.82, 2.24) is 4.98 Å². The van der Waals surface area contributed by atoms with E-state index in [0.29, 0.717) is 0 Å². The summed E-state index contributed by atoms with van der Waals surface area (Å²) >= 11 is 0. The van der Waals surface area contributed by atoms with E-state index in [1.807, 2.05) is 6.92 Å². The first kappa shape index (κ1) is 8.53. The first-order valence-electron chi connectivity index (χ1n) is 3.62. The monoisotopic (exact) mass is 161 g/mol. The average Bonchev–Trinajstić information content (AvgIpc) is 2.03. The Morgan fingerprint density at radius 3 is 2.67 bits per heavy atom. The van der Waals surface area contributed by atoms with Gasteiger partial charge in [0.05, 0.1) is 0 Å². The number of aryl methyl sites for hydroxylation is 1. The fourth-order valence-electron chi connectivity index (χ4n) is 1.14. The zero-order valence-corrected chi connectivity index (χ0v) is 7.04. The van der Waals surface area contributed by atoms with Crippen molar-refractivity contribution in [3.63, 3.8) is 0 Å². The lowest BCUT2D eigenvalue weighted by Crippen LogP contribution is -1.92. The SMILES string of the molecule is C=Cc1cncc(C)c1C(=C)O. The summed E-state index contributed by atoms with van der Waals surface area (Å²) in [5, 5.41) is 9.25. The van der Waals surface area contributed by atoms with E-state index in [4.69, 9.17) is 0 Å². The van der Waals surface area contributed by atoms with E-state index in [1.54, 1.807) is 18.5 Å². The predicted octanol–water partition coefficient (Wildman–Crippen LogP) is 2.56. The highest BCUT2D eigenvalue weighted by Gasteiger charge is 2.05. The number of pyridine rings is 1. The lowest BCUT2D eigenvalue weighted by molar-refractivity contribution is 0.513. The molecule has 0 aliphatic carbocycles. The highest BCUT2D eigenvalue weighted by atomic mass is 16.3. The van der Waals surface area contributed by atoms with Gasteiger partial charge in [0, 0.05) is 23.5 Å². The smallest absolute Gasteiger partial charge is 0.116 e. The van der Waals surface area contributed by atoms with Gasteiger partial charge in [-0.3, -0.25) is 4.98 Å². The van der Waals surface area contributed by atoms with E-state index < -0.39 is 0 Å². The Morgan fingerprint density at radius 2 is 2.25 bits per heavy atom. The van der Waals surface area contributed by atoms with Crippen molar-refractivity contribution in [3.05, 3.63) is 42.2 Å². The number of aliphatic hydroxyl groups excluding tert-OH is 1. The van der Waals surface area contributed by atoms with Gasteiger partial charge >= 0.3 is 0 Å². The number of hydrogen-bond donors (Lipinski definition) is 1. The summed E-state index contributed by atoms with van der Waals surface area (Å²) in [6.45, 7) is 8.97. The molecule has 1 N–H and O–H groups in total. The van der Waals surface area contributed by atoms with Crippen molar-refractivity contribution in [2.24, 2.45) is 0 Å². The van der Waals surface area contributed by atoms with Crippen LogP contribution in [0.3, 0.4) is 0 Å². The minimum Gasteiger partial charge on any atom is -0.508 e. The van der Waals surface area contributed by atoms with Crippen LogP contribution >= 0.6 is 0 Å². The Kier molecular flexibility index (Phi) is 2.29. The fraction of sp³-hybridized carbons (Fsp3) is 0.100. The van der Waals surface area contributed by atoms with Crippen molar-refractivity contribution < 1.29 is 5.11 Å². The van der Waals surface area contributed by atoms with Crippen molar-refractivity contribution in [2.45, 2.75) is 6.92 Å². The molecule has 0 spiro atoms. The first-order valence-corrected chi connectivity index (χ1v) is 3.62. The maximum atomic E-state index is 9.25. The Labute approximate surface area is 71.9 Å². The summed E-state index contributed by atoms with van der Waals surface area (Å²) in [5.74, 6) is 0.0600. The van der Waals surface area contributed by atoms with Crippen LogP contribution in [-0.4, -0.2) is 10.1 Å². The molecule has 0 aromatic carbocycles. The van der Waals surface area contributed by atoms with Crippen LogP contribution in [0.2, 0.25) is 0 Å². The first-order chi connectivity index (χ1) is 5.66. The van der Waals surface area contributed by atoms with Gasteiger partial charge in [-0.25, -0.2) is 0 Å². The van der Waals surface area contributed by atoms with Gasteiger partial charge in [-0.15, -0.1) is 0 Å². The molecular weight excluding hydrogens is 150 g/mol. The fourth-order valence-corrected chi connectivity index (χ4v) is 1.14. The van der Waals surface area contributed by atoms with Gasteiger partial charge < -0.3 is 5.11 Å². The molecular formula is C10H11NO. The van der Waals surface area contributed by atoms with Crippen LogP contribution in [0.4, 0.5) is 0 Å². The highest BCUT2D eigenvalue weighted by molar-refractivity contribution is 5.69. The van der Waals surface area contributed by atoms with Crippen molar-refractivity contribution in [3.8, 4) is 0 Å². The minimum absolute atomic E-state index is 0.0600. The number of aliphatic hydroxyl groups is 1. The Morgan fingerprint density at radius 1 is 1.58 bits per heavy atom. The molecule has 0 unspecified atom stereocenters. The molecule has 0 saturated carbocycles. The minimum atomic E-state index is 0.0600. The van der Waals surface area contributed by atoms with Gasteiger partial charge in [0.1, 0.15) is 5.76 Å². The summed E-state index contributed by atoms with van der Waals surface area (Å²) < 4.78 is 0. The van der Waals surface area contributed by atoms with Crippen LogP contribution in [0, 0.1) is 6.92 Å². The zero-order chi connectivity index (χ0) is 9.14. The average molecular weight is 161 g/mol. The molecule has 0 saturated heterocycles. The van der Waals surface area contributed by atoms with Crippen molar-refractivity contribution in [1.29, 1.82) is 0 Å². The standard InChI is InChI=1S/C10H11NO/c1-4-9-6-11-5-7(2)10(9)8(3)12/h4-6,12H,1,3H2,2H3. The number of rotatable bonds is 2. The molecule has 1 rings (SSSR count). The van der Waals surface area contributed by atoms with Gasteiger partial charge in [-0.1, -0.05) is 19.2 Å². The predicted molar refractivity (Wildman–Crippen MR) is 50.7 cm³/mol. The molecule has 0 atom stereocenters. The highest BCUT2D eigenvalue weighted by Crippen LogP contribution is 2.19. The van der Waals surface area contributed by atoms with E-state index in [0.717, 1.165) is 16.7 Å². The number of aromatic nitrogens is 1. The largest absolute Gasteiger partial charge is 0.508 e. The van der Waals surface area contributed by atoms with Crippen LogP contribution in [0.15, 0.2) is 25.6 Å². The third kappa shape index (κ3) is 1.37. The summed E-state index contributed by atoms with van der Waals surface area (Å²) in [4.78, 5) is 3.97. The topological polar surface area (TPSA) is 33.1 Å². The summed E-state index contributed by atoms with van der Waals surface area (Å²) in [6.07, 6.45) is 4.98. The summed E-state index contributed by atoms with van der Waals surface area (Å²) in [7, 11) is 0.